The number of hydrogen-bond donors (Lipinski definition) is 1. The van der Waals surface area contributed by atoms with Crippen molar-refractivity contribution in [2.24, 2.45) is 5.92 Å². The second kappa shape index (κ2) is 4.92. The Bertz CT molecular complexity index is 448. The molecule has 3 rings (SSSR count). The van der Waals surface area contributed by atoms with E-state index in [2.05, 4.69) is 55.3 Å². The Kier molecular flexibility index (Phi) is 3.40. The Morgan fingerprint density at radius 2 is 2.11 bits per heavy atom. The van der Waals surface area contributed by atoms with Gasteiger partial charge in [-0.15, -0.1) is 0 Å². The molecule has 1 atom stereocenters. The summed E-state index contributed by atoms with van der Waals surface area (Å²) in [5.74, 6) is 0.938. The number of nitrogens with zero attached hydrogens (tertiary/aromatic N) is 1. The summed E-state index contributed by atoms with van der Waals surface area (Å²) in [6.45, 7) is 10.2. The van der Waals surface area contributed by atoms with Crippen LogP contribution in [0.5, 0.6) is 0 Å². The molecular formula is C17H26N2. The molecule has 1 aliphatic carbocycles. The van der Waals surface area contributed by atoms with Gasteiger partial charge in [0.1, 0.15) is 0 Å². The van der Waals surface area contributed by atoms with Gasteiger partial charge in [-0.05, 0) is 45.1 Å². The van der Waals surface area contributed by atoms with Crippen LogP contribution in [0.2, 0.25) is 0 Å². The van der Waals surface area contributed by atoms with Crippen LogP contribution >= 0.6 is 0 Å². The lowest BCUT2D eigenvalue weighted by Crippen LogP contribution is -2.61. The maximum absolute atomic E-state index is 3.72. The van der Waals surface area contributed by atoms with Gasteiger partial charge in [-0.25, -0.2) is 0 Å². The third kappa shape index (κ3) is 3.18. The van der Waals surface area contributed by atoms with E-state index in [0.717, 1.165) is 31.6 Å². The van der Waals surface area contributed by atoms with Crippen LogP contribution in [0.1, 0.15) is 37.8 Å². The summed E-state index contributed by atoms with van der Waals surface area (Å²) in [5.41, 5.74) is 3.08. The molecule has 0 aromatic heterocycles. The van der Waals surface area contributed by atoms with Gasteiger partial charge >= 0.3 is 0 Å². The molecule has 0 spiro atoms. The van der Waals surface area contributed by atoms with E-state index in [9.17, 15) is 0 Å². The first kappa shape index (κ1) is 13.1. The second-order valence-corrected chi connectivity index (χ2v) is 7.06. The van der Waals surface area contributed by atoms with Gasteiger partial charge in [-0.1, -0.05) is 29.8 Å². The van der Waals surface area contributed by atoms with Gasteiger partial charge < -0.3 is 5.32 Å². The predicted molar refractivity (Wildman–Crippen MR) is 80.2 cm³/mol. The standard InChI is InChI=1S/C17H26N2/c1-13-5-4-6-14(9-13)11-19-12-17(2,3)18-10-16(19)15-7-8-15/h4-6,9,15-16,18H,7-8,10-12H2,1-3H3. The first-order valence-corrected chi connectivity index (χ1v) is 7.58. The van der Waals surface area contributed by atoms with Crippen molar-refractivity contribution in [3.8, 4) is 0 Å². The first-order chi connectivity index (χ1) is 9.03. The van der Waals surface area contributed by atoms with Gasteiger partial charge in [-0.2, -0.15) is 0 Å². The molecule has 1 aromatic rings. The van der Waals surface area contributed by atoms with E-state index >= 15 is 0 Å². The molecule has 104 valence electrons. The molecule has 1 aliphatic heterocycles. The Morgan fingerprint density at radius 1 is 1.32 bits per heavy atom. The fourth-order valence-electron chi connectivity index (χ4n) is 3.35. The number of piperazine rings is 1. The van der Waals surface area contributed by atoms with E-state index in [1.807, 2.05) is 0 Å². The van der Waals surface area contributed by atoms with Gasteiger partial charge in [0, 0.05) is 31.2 Å². The summed E-state index contributed by atoms with van der Waals surface area (Å²) < 4.78 is 0. The summed E-state index contributed by atoms with van der Waals surface area (Å²) in [4.78, 5) is 2.71. The van der Waals surface area contributed by atoms with Crippen LogP contribution in [0.25, 0.3) is 0 Å². The molecule has 19 heavy (non-hydrogen) atoms. The maximum Gasteiger partial charge on any atom is 0.0253 e. The molecule has 1 unspecified atom stereocenters. The lowest BCUT2D eigenvalue weighted by atomic mass is 9.95. The smallest absolute Gasteiger partial charge is 0.0253 e. The van der Waals surface area contributed by atoms with E-state index in [1.54, 1.807) is 0 Å². The monoisotopic (exact) mass is 258 g/mol. The number of benzene rings is 1. The minimum Gasteiger partial charge on any atom is -0.309 e. The summed E-state index contributed by atoms with van der Waals surface area (Å²) in [6, 6.07) is 9.71. The van der Waals surface area contributed by atoms with Crippen LogP contribution in [0.3, 0.4) is 0 Å². The predicted octanol–water partition coefficient (Wildman–Crippen LogP) is 2.96. The summed E-state index contributed by atoms with van der Waals surface area (Å²) in [6.07, 6.45) is 2.86. The molecule has 0 amide bonds. The van der Waals surface area contributed by atoms with Crippen LogP contribution in [0, 0.1) is 12.8 Å². The quantitative estimate of drug-likeness (QED) is 0.896. The Labute approximate surface area is 117 Å². The highest BCUT2D eigenvalue weighted by Gasteiger charge is 2.40. The van der Waals surface area contributed by atoms with E-state index in [4.69, 9.17) is 0 Å². The fraction of sp³-hybridized carbons (Fsp3) is 0.647. The van der Waals surface area contributed by atoms with Crippen molar-refractivity contribution in [3.63, 3.8) is 0 Å². The molecule has 1 heterocycles. The van der Waals surface area contributed by atoms with Crippen molar-refractivity contribution in [2.75, 3.05) is 13.1 Å². The average molecular weight is 258 g/mol. The minimum atomic E-state index is 0.245. The third-order valence-corrected chi connectivity index (χ3v) is 4.49. The minimum absolute atomic E-state index is 0.245. The van der Waals surface area contributed by atoms with Crippen molar-refractivity contribution in [2.45, 2.75) is 51.7 Å². The number of nitrogens with one attached hydrogen (secondary N) is 1. The van der Waals surface area contributed by atoms with E-state index in [-0.39, 0.29) is 5.54 Å². The lowest BCUT2D eigenvalue weighted by Gasteiger charge is -2.45. The molecular weight excluding hydrogens is 232 g/mol. The molecule has 2 nitrogen and oxygen atoms in total. The maximum atomic E-state index is 3.72. The van der Waals surface area contributed by atoms with Gasteiger partial charge in [0.25, 0.3) is 0 Å². The third-order valence-electron chi connectivity index (χ3n) is 4.49. The Morgan fingerprint density at radius 3 is 2.79 bits per heavy atom. The fourth-order valence-corrected chi connectivity index (χ4v) is 3.35. The van der Waals surface area contributed by atoms with Crippen LogP contribution in [-0.2, 0) is 6.54 Å². The number of hydrogen-bond acceptors (Lipinski definition) is 2. The molecule has 0 radical (unpaired) electrons. The molecule has 2 heteroatoms. The molecule has 1 aromatic carbocycles. The first-order valence-electron chi connectivity index (χ1n) is 7.58. The zero-order valence-electron chi connectivity index (χ0n) is 12.4. The lowest BCUT2D eigenvalue weighted by molar-refractivity contribution is 0.0759. The summed E-state index contributed by atoms with van der Waals surface area (Å²) in [7, 11) is 0. The zero-order chi connectivity index (χ0) is 13.5. The van der Waals surface area contributed by atoms with Gasteiger partial charge in [0.05, 0.1) is 0 Å². The molecule has 0 bridgehead atoms. The highest BCUT2D eigenvalue weighted by atomic mass is 15.3. The highest BCUT2D eigenvalue weighted by molar-refractivity contribution is 5.22. The van der Waals surface area contributed by atoms with Crippen molar-refractivity contribution in [1.29, 1.82) is 0 Å². The summed E-state index contributed by atoms with van der Waals surface area (Å²) in [5, 5.41) is 3.72. The zero-order valence-corrected chi connectivity index (χ0v) is 12.4. The number of aryl methyl sites for hydroxylation is 1. The van der Waals surface area contributed by atoms with Crippen LogP contribution in [-0.4, -0.2) is 29.6 Å². The van der Waals surface area contributed by atoms with Crippen LogP contribution in [0.15, 0.2) is 24.3 Å². The Hall–Kier alpha value is -0.860. The van der Waals surface area contributed by atoms with Crippen molar-refractivity contribution in [3.05, 3.63) is 35.4 Å². The summed E-state index contributed by atoms with van der Waals surface area (Å²) >= 11 is 0. The molecule has 1 saturated carbocycles. The van der Waals surface area contributed by atoms with E-state index in [1.165, 1.54) is 24.0 Å². The molecule has 1 saturated heterocycles. The molecule has 2 fully saturated rings. The normalized spacial score (nSPS) is 27.4. The van der Waals surface area contributed by atoms with Gasteiger partial charge in [0.15, 0.2) is 0 Å². The van der Waals surface area contributed by atoms with Crippen molar-refractivity contribution in [1.82, 2.24) is 10.2 Å². The van der Waals surface area contributed by atoms with Crippen molar-refractivity contribution >= 4 is 0 Å². The van der Waals surface area contributed by atoms with E-state index < -0.39 is 0 Å². The topological polar surface area (TPSA) is 15.3 Å². The largest absolute Gasteiger partial charge is 0.309 e. The Balaban J connectivity index is 1.75. The van der Waals surface area contributed by atoms with E-state index in [0.29, 0.717) is 0 Å². The number of rotatable bonds is 3. The van der Waals surface area contributed by atoms with Crippen molar-refractivity contribution < 1.29 is 0 Å². The second-order valence-electron chi connectivity index (χ2n) is 7.06. The van der Waals surface area contributed by atoms with Crippen LogP contribution < -0.4 is 5.32 Å². The average Bonchev–Trinajstić information content (AvgIpc) is 3.12. The van der Waals surface area contributed by atoms with Crippen LogP contribution in [0.4, 0.5) is 0 Å². The SMILES string of the molecule is Cc1cccc(CN2CC(C)(C)NCC2C2CC2)c1. The van der Waals surface area contributed by atoms with Gasteiger partial charge in [-0.3, -0.25) is 4.90 Å². The molecule has 1 N–H and O–H groups in total. The molecule has 2 aliphatic rings. The highest BCUT2D eigenvalue weighted by Crippen LogP contribution is 2.37. The van der Waals surface area contributed by atoms with Gasteiger partial charge in [0.2, 0.25) is 0 Å².